The Balaban J connectivity index is 1.85. The lowest BCUT2D eigenvalue weighted by Crippen LogP contribution is -2.27. The zero-order chi connectivity index (χ0) is 18.0. The second-order valence-corrected chi connectivity index (χ2v) is 7.12. The second-order valence-electron chi connectivity index (χ2n) is 5.45. The summed E-state index contributed by atoms with van der Waals surface area (Å²) in [6, 6.07) is 13.9. The number of carbonyl (C=O) groups excluding carboxylic acids is 2. The van der Waals surface area contributed by atoms with E-state index in [1.54, 1.807) is 18.2 Å². The first-order valence-electron chi connectivity index (χ1n) is 7.68. The molecule has 1 aliphatic rings. The standard InChI is InChI=1S/C19H15NO3S2/c1-2-12-5-9-15(10-6-12)20-17(21)16(25-19(20)24)11-13-3-7-14(8-4-13)18(22)23/h3-11H,2H2,1H3,(H,22,23)/p-1/b16-11-. The minimum atomic E-state index is -1.23. The Morgan fingerprint density at radius 2 is 1.80 bits per heavy atom. The van der Waals surface area contributed by atoms with Crippen molar-refractivity contribution in [2.24, 2.45) is 0 Å². The highest BCUT2D eigenvalue weighted by molar-refractivity contribution is 8.27. The van der Waals surface area contributed by atoms with Gasteiger partial charge in [-0.25, -0.2) is 0 Å². The van der Waals surface area contributed by atoms with Gasteiger partial charge in [-0.3, -0.25) is 9.69 Å². The third-order valence-corrected chi connectivity index (χ3v) is 5.14. The van der Waals surface area contributed by atoms with Crippen LogP contribution in [0.15, 0.2) is 53.4 Å². The first-order chi connectivity index (χ1) is 12.0. The first kappa shape index (κ1) is 17.4. The Kier molecular flexibility index (Phi) is 5.01. The molecule has 1 fully saturated rings. The summed E-state index contributed by atoms with van der Waals surface area (Å²) >= 11 is 6.58. The molecule has 6 heteroatoms. The van der Waals surface area contributed by atoms with E-state index in [9.17, 15) is 14.7 Å². The van der Waals surface area contributed by atoms with Crippen molar-refractivity contribution in [2.75, 3.05) is 4.90 Å². The van der Waals surface area contributed by atoms with Crippen LogP contribution in [0.4, 0.5) is 5.69 Å². The fourth-order valence-electron chi connectivity index (χ4n) is 2.44. The van der Waals surface area contributed by atoms with Crippen molar-refractivity contribution in [1.82, 2.24) is 0 Å². The molecule has 1 amide bonds. The third-order valence-electron chi connectivity index (χ3n) is 3.84. The van der Waals surface area contributed by atoms with Gasteiger partial charge in [-0.2, -0.15) is 0 Å². The number of nitrogens with zero attached hydrogens (tertiary/aromatic N) is 1. The van der Waals surface area contributed by atoms with Crippen molar-refractivity contribution in [3.8, 4) is 0 Å². The molecule has 1 aliphatic heterocycles. The molecular weight excluding hydrogens is 354 g/mol. The number of carboxylic acid groups (broad SMARTS) is 1. The van der Waals surface area contributed by atoms with Gasteiger partial charge in [0, 0.05) is 0 Å². The van der Waals surface area contributed by atoms with E-state index in [4.69, 9.17) is 12.2 Å². The van der Waals surface area contributed by atoms with Crippen molar-refractivity contribution < 1.29 is 14.7 Å². The van der Waals surface area contributed by atoms with E-state index in [1.165, 1.54) is 34.4 Å². The molecule has 3 rings (SSSR count). The summed E-state index contributed by atoms with van der Waals surface area (Å²) in [5, 5.41) is 10.8. The fraction of sp³-hybridized carbons (Fsp3) is 0.105. The molecule has 0 N–H and O–H groups in total. The van der Waals surface area contributed by atoms with Gasteiger partial charge in [0.05, 0.1) is 16.6 Å². The number of carbonyl (C=O) groups is 2. The number of thiocarbonyl (C=S) groups is 1. The van der Waals surface area contributed by atoms with Crippen LogP contribution in [0.3, 0.4) is 0 Å². The van der Waals surface area contributed by atoms with E-state index in [-0.39, 0.29) is 11.5 Å². The van der Waals surface area contributed by atoms with Crippen LogP contribution in [0.5, 0.6) is 0 Å². The maximum Gasteiger partial charge on any atom is 0.270 e. The largest absolute Gasteiger partial charge is 0.545 e. The quantitative estimate of drug-likeness (QED) is 0.613. The van der Waals surface area contributed by atoms with Gasteiger partial charge in [-0.05, 0) is 41.3 Å². The average Bonchev–Trinajstić information content (AvgIpc) is 2.89. The number of amides is 1. The average molecular weight is 368 g/mol. The lowest BCUT2D eigenvalue weighted by atomic mass is 10.1. The first-order valence-corrected chi connectivity index (χ1v) is 8.90. The van der Waals surface area contributed by atoms with Crippen LogP contribution in [0.1, 0.15) is 28.4 Å². The number of hydrogen-bond acceptors (Lipinski definition) is 5. The number of hydrogen-bond donors (Lipinski definition) is 0. The number of carboxylic acids is 1. The van der Waals surface area contributed by atoms with Crippen molar-refractivity contribution in [2.45, 2.75) is 13.3 Å². The summed E-state index contributed by atoms with van der Waals surface area (Å²) in [6.07, 6.45) is 2.64. The highest BCUT2D eigenvalue weighted by Crippen LogP contribution is 2.36. The molecule has 126 valence electrons. The zero-order valence-corrected chi connectivity index (χ0v) is 15.0. The topological polar surface area (TPSA) is 60.4 Å². The number of aromatic carboxylic acids is 1. The summed E-state index contributed by atoms with van der Waals surface area (Å²) in [5.74, 6) is -1.41. The molecule has 0 aromatic heterocycles. The Labute approximate surface area is 155 Å². The summed E-state index contributed by atoms with van der Waals surface area (Å²) in [4.78, 5) is 25.5. The van der Waals surface area contributed by atoms with Crippen molar-refractivity contribution >= 4 is 51.9 Å². The molecule has 0 saturated carbocycles. The van der Waals surface area contributed by atoms with Gasteiger partial charge >= 0.3 is 0 Å². The predicted molar refractivity (Wildman–Crippen MR) is 102 cm³/mol. The minimum absolute atomic E-state index is 0.0979. The molecule has 0 bridgehead atoms. The molecule has 0 spiro atoms. The van der Waals surface area contributed by atoms with Crippen LogP contribution in [0.2, 0.25) is 0 Å². The Bertz CT molecular complexity index is 871. The summed E-state index contributed by atoms with van der Waals surface area (Å²) in [5.41, 5.74) is 2.76. The van der Waals surface area contributed by atoms with E-state index in [0.29, 0.717) is 9.23 Å². The molecule has 0 unspecified atom stereocenters. The monoisotopic (exact) mass is 368 g/mol. The molecule has 0 aliphatic carbocycles. The van der Waals surface area contributed by atoms with E-state index in [0.717, 1.165) is 17.7 Å². The van der Waals surface area contributed by atoms with Crippen LogP contribution >= 0.6 is 24.0 Å². The number of rotatable bonds is 4. The van der Waals surface area contributed by atoms with Gasteiger partial charge in [0.15, 0.2) is 4.32 Å². The van der Waals surface area contributed by atoms with Crippen LogP contribution in [-0.2, 0) is 11.2 Å². The van der Waals surface area contributed by atoms with Crippen molar-refractivity contribution in [3.05, 3.63) is 70.1 Å². The predicted octanol–water partition coefficient (Wildman–Crippen LogP) is 3.02. The lowest BCUT2D eigenvalue weighted by Gasteiger charge is -2.14. The number of anilines is 1. The van der Waals surface area contributed by atoms with Crippen LogP contribution in [-0.4, -0.2) is 16.2 Å². The van der Waals surface area contributed by atoms with Gasteiger partial charge in [0.2, 0.25) is 0 Å². The Morgan fingerprint density at radius 1 is 1.16 bits per heavy atom. The highest BCUT2D eigenvalue weighted by Gasteiger charge is 2.33. The molecular formula is C19H14NO3S2-. The third kappa shape index (κ3) is 3.65. The normalized spacial score (nSPS) is 15.9. The lowest BCUT2D eigenvalue weighted by molar-refractivity contribution is -0.255. The molecule has 1 saturated heterocycles. The SMILES string of the molecule is CCc1ccc(N2C(=O)/C(=C/c3ccc(C(=O)[O-])cc3)SC2=S)cc1. The van der Waals surface area contributed by atoms with E-state index in [2.05, 4.69) is 6.92 Å². The summed E-state index contributed by atoms with van der Waals surface area (Å²) in [7, 11) is 0. The molecule has 0 atom stereocenters. The second kappa shape index (κ2) is 7.21. The number of aryl methyl sites for hydroxylation is 1. The summed E-state index contributed by atoms with van der Waals surface area (Å²) in [6.45, 7) is 2.07. The minimum Gasteiger partial charge on any atom is -0.545 e. The van der Waals surface area contributed by atoms with Gasteiger partial charge < -0.3 is 9.90 Å². The van der Waals surface area contributed by atoms with Gasteiger partial charge in [0.25, 0.3) is 5.91 Å². The van der Waals surface area contributed by atoms with Crippen LogP contribution in [0, 0.1) is 0 Å². The van der Waals surface area contributed by atoms with Crippen LogP contribution in [0.25, 0.3) is 6.08 Å². The van der Waals surface area contributed by atoms with Gasteiger partial charge in [0.1, 0.15) is 0 Å². The Hall–Kier alpha value is -2.44. The van der Waals surface area contributed by atoms with Crippen molar-refractivity contribution in [3.63, 3.8) is 0 Å². The number of thioether (sulfide) groups is 1. The smallest absolute Gasteiger partial charge is 0.270 e. The maximum absolute atomic E-state index is 12.7. The van der Waals surface area contributed by atoms with E-state index in [1.807, 2.05) is 24.3 Å². The molecule has 4 nitrogen and oxygen atoms in total. The van der Waals surface area contributed by atoms with Gasteiger partial charge in [-0.1, -0.05) is 67.3 Å². The molecule has 25 heavy (non-hydrogen) atoms. The maximum atomic E-state index is 12.7. The van der Waals surface area contributed by atoms with Gasteiger partial charge in [-0.15, -0.1) is 0 Å². The molecule has 2 aromatic rings. The van der Waals surface area contributed by atoms with Crippen LogP contribution < -0.4 is 10.0 Å². The van der Waals surface area contributed by atoms with E-state index < -0.39 is 5.97 Å². The molecule has 0 radical (unpaired) electrons. The number of benzene rings is 2. The highest BCUT2D eigenvalue weighted by atomic mass is 32.2. The molecule has 2 aromatic carbocycles. The van der Waals surface area contributed by atoms with Crippen molar-refractivity contribution in [1.29, 1.82) is 0 Å². The zero-order valence-electron chi connectivity index (χ0n) is 13.4. The molecule has 1 heterocycles. The summed E-state index contributed by atoms with van der Waals surface area (Å²) < 4.78 is 0.479. The Morgan fingerprint density at radius 3 is 2.36 bits per heavy atom. The fourth-order valence-corrected chi connectivity index (χ4v) is 3.74. The van der Waals surface area contributed by atoms with E-state index >= 15 is 0 Å².